The van der Waals surface area contributed by atoms with E-state index >= 15 is 0 Å². The van der Waals surface area contributed by atoms with Gasteiger partial charge >= 0.3 is 0 Å². The topological polar surface area (TPSA) is 17.1 Å². The first kappa shape index (κ1) is 13.2. The van der Waals surface area contributed by atoms with Gasteiger partial charge in [-0.25, -0.2) is 0 Å². The minimum absolute atomic E-state index is 0.0675. The quantitative estimate of drug-likeness (QED) is 0.695. The molecule has 16 heavy (non-hydrogen) atoms. The van der Waals surface area contributed by atoms with Crippen LogP contribution in [0.25, 0.3) is 0 Å². The Bertz CT molecular complexity index is 324. The zero-order valence-corrected chi connectivity index (χ0v) is 11.2. The van der Waals surface area contributed by atoms with Gasteiger partial charge in [0.05, 0.1) is 0 Å². The average Bonchev–Trinajstić information content (AvgIpc) is 2.30. The highest BCUT2D eigenvalue weighted by Crippen LogP contribution is 2.44. The van der Waals surface area contributed by atoms with E-state index < -0.39 is 0 Å². The SMILES string of the molecule is CCC(C)C1=CC(=O)C=CC1(C)C(C)CC. The molecule has 0 aliphatic heterocycles. The highest BCUT2D eigenvalue weighted by atomic mass is 16.1. The van der Waals surface area contributed by atoms with E-state index in [1.54, 1.807) is 6.08 Å². The summed E-state index contributed by atoms with van der Waals surface area (Å²) in [6, 6.07) is 0. The fourth-order valence-electron chi connectivity index (χ4n) is 2.47. The molecule has 1 rings (SSSR count). The summed E-state index contributed by atoms with van der Waals surface area (Å²) in [4.78, 5) is 11.5. The predicted octanol–water partition coefficient (Wildman–Crippen LogP) is 4.15. The van der Waals surface area contributed by atoms with Crippen molar-refractivity contribution in [1.82, 2.24) is 0 Å². The second kappa shape index (κ2) is 4.99. The minimum Gasteiger partial charge on any atom is -0.290 e. The molecule has 1 aliphatic rings. The number of allylic oxidation sites excluding steroid dienone is 4. The van der Waals surface area contributed by atoms with Crippen molar-refractivity contribution in [2.75, 3.05) is 0 Å². The molecule has 0 radical (unpaired) electrons. The molecule has 1 heteroatoms. The average molecular weight is 220 g/mol. The Hall–Kier alpha value is -0.850. The molecule has 0 bridgehead atoms. The lowest BCUT2D eigenvalue weighted by Gasteiger charge is -2.39. The third-order valence-electron chi connectivity index (χ3n) is 4.29. The van der Waals surface area contributed by atoms with Gasteiger partial charge in [0.25, 0.3) is 0 Å². The smallest absolute Gasteiger partial charge is 0.178 e. The zero-order chi connectivity index (χ0) is 12.3. The van der Waals surface area contributed by atoms with Crippen LogP contribution >= 0.6 is 0 Å². The van der Waals surface area contributed by atoms with E-state index in [0.29, 0.717) is 11.8 Å². The first-order valence-corrected chi connectivity index (χ1v) is 6.40. The Balaban J connectivity index is 3.11. The van der Waals surface area contributed by atoms with Crippen LogP contribution in [-0.4, -0.2) is 5.78 Å². The molecule has 3 atom stereocenters. The van der Waals surface area contributed by atoms with Crippen molar-refractivity contribution in [3.05, 3.63) is 23.8 Å². The minimum atomic E-state index is 0.0675. The Morgan fingerprint density at radius 2 is 1.88 bits per heavy atom. The Labute approximate surface area is 99.6 Å². The molecular formula is C15H24O. The Morgan fingerprint density at radius 1 is 1.25 bits per heavy atom. The molecule has 0 saturated carbocycles. The van der Waals surface area contributed by atoms with E-state index in [-0.39, 0.29) is 11.2 Å². The molecule has 0 aromatic carbocycles. The first-order valence-electron chi connectivity index (χ1n) is 6.40. The fourth-order valence-corrected chi connectivity index (χ4v) is 2.47. The molecule has 1 aliphatic carbocycles. The summed E-state index contributed by atoms with van der Waals surface area (Å²) in [6.07, 6.45) is 7.95. The van der Waals surface area contributed by atoms with E-state index in [1.165, 1.54) is 5.57 Å². The number of carbonyl (C=O) groups excluding carboxylic acids is 1. The van der Waals surface area contributed by atoms with E-state index in [4.69, 9.17) is 0 Å². The van der Waals surface area contributed by atoms with Crippen LogP contribution in [0.15, 0.2) is 23.8 Å². The summed E-state index contributed by atoms with van der Waals surface area (Å²) >= 11 is 0. The van der Waals surface area contributed by atoms with Crippen LogP contribution in [0.4, 0.5) is 0 Å². The highest BCUT2D eigenvalue weighted by molar-refractivity contribution is 6.01. The van der Waals surface area contributed by atoms with E-state index in [9.17, 15) is 4.79 Å². The molecule has 90 valence electrons. The third-order valence-corrected chi connectivity index (χ3v) is 4.29. The predicted molar refractivity (Wildman–Crippen MR) is 69.2 cm³/mol. The lowest BCUT2D eigenvalue weighted by molar-refractivity contribution is -0.110. The standard InChI is InChI=1S/C15H24O/c1-6-11(3)14-10-13(16)8-9-15(14,5)12(4)7-2/h8-12H,6-7H2,1-5H3. The molecule has 0 aromatic heterocycles. The second-order valence-corrected chi connectivity index (χ2v) is 5.24. The van der Waals surface area contributed by atoms with Crippen molar-refractivity contribution in [2.45, 2.75) is 47.5 Å². The molecule has 0 N–H and O–H groups in total. The number of rotatable bonds is 4. The zero-order valence-electron chi connectivity index (χ0n) is 11.2. The van der Waals surface area contributed by atoms with Gasteiger partial charge < -0.3 is 0 Å². The Morgan fingerprint density at radius 3 is 2.38 bits per heavy atom. The molecule has 0 amide bonds. The summed E-state index contributed by atoms with van der Waals surface area (Å²) in [5, 5.41) is 0. The first-order chi connectivity index (χ1) is 7.45. The van der Waals surface area contributed by atoms with Gasteiger partial charge in [-0.15, -0.1) is 0 Å². The van der Waals surface area contributed by atoms with Crippen LogP contribution in [0.2, 0.25) is 0 Å². The number of hydrogen-bond donors (Lipinski definition) is 0. The maximum absolute atomic E-state index is 11.5. The maximum Gasteiger partial charge on any atom is 0.178 e. The second-order valence-electron chi connectivity index (χ2n) is 5.24. The lowest BCUT2D eigenvalue weighted by Crippen LogP contribution is -2.31. The van der Waals surface area contributed by atoms with Crippen molar-refractivity contribution in [1.29, 1.82) is 0 Å². The summed E-state index contributed by atoms with van der Waals surface area (Å²) in [5.41, 5.74) is 1.38. The van der Waals surface area contributed by atoms with Crippen LogP contribution < -0.4 is 0 Å². The summed E-state index contributed by atoms with van der Waals surface area (Å²) in [5.74, 6) is 1.22. The van der Waals surface area contributed by atoms with Gasteiger partial charge in [-0.1, -0.05) is 52.7 Å². The molecule has 0 heterocycles. The van der Waals surface area contributed by atoms with Gasteiger partial charge in [-0.05, 0) is 30.4 Å². The van der Waals surface area contributed by atoms with Crippen molar-refractivity contribution in [3.63, 3.8) is 0 Å². The van der Waals surface area contributed by atoms with E-state index in [1.807, 2.05) is 6.08 Å². The lowest BCUT2D eigenvalue weighted by atomic mass is 9.65. The molecular weight excluding hydrogens is 196 g/mol. The van der Waals surface area contributed by atoms with E-state index in [2.05, 4.69) is 40.7 Å². The van der Waals surface area contributed by atoms with E-state index in [0.717, 1.165) is 12.8 Å². The van der Waals surface area contributed by atoms with Crippen LogP contribution in [-0.2, 0) is 4.79 Å². The van der Waals surface area contributed by atoms with Crippen molar-refractivity contribution in [3.8, 4) is 0 Å². The maximum atomic E-state index is 11.5. The summed E-state index contributed by atoms with van der Waals surface area (Å²) < 4.78 is 0. The van der Waals surface area contributed by atoms with Gasteiger partial charge in [0.15, 0.2) is 5.78 Å². The fraction of sp³-hybridized carbons (Fsp3) is 0.667. The third kappa shape index (κ3) is 2.28. The van der Waals surface area contributed by atoms with Gasteiger partial charge in [-0.2, -0.15) is 0 Å². The highest BCUT2D eigenvalue weighted by Gasteiger charge is 2.35. The van der Waals surface area contributed by atoms with Crippen LogP contribution in [0.5, 0.6) is 0 Å². The molecule has 0 saturated heterocycles. The number of carbonyl (C=O) groups is 1. The molecule has 1 nitrogen and oxygen atoms in total. The largest absolute Gasteiger partial charge is 0.290 e. The molecule has 0 aromatic rings. The van der Waals surface area contributed by atoms with Crippen LogP contribution in [0, 0.1) is 17.3 Å². The molecule has 0 fully saturated rings. The van der Waals surface area contributed by atoms with Crippen molar-refractivity contribution in [2.24, 2.45) is 17.3 Å². The normalized spacial score (nSPS) is 28.8. The number of ketones is 1. The van der Waals surface area contributed by atoms with Crippen LogP contribution in [0.1, 0.15) is 47.5 Å². The summed E-state index contributed by atoms with van der Waals surface area (Å²) in [6.45, 7) is 11.2. The van der Waals surface area contributed by atoms with Gasteiger partial charge in [0.1, 0.15) is 0 Å². The number of hydrogen-bond acceptors (Lipinski definition) is 1. The van der Waals surface area contributed by atoms with Crippen molar-refractivity contribution < 1.29 is 4.79 Å². The Kier molecular flexibility index (Phi) is 4.12. The van der Waals surface area contributed by atoms with Gasteiger partial charge in [0.2, 0.25) is 0 Å². The van der Waals surface area contributed by atoms with Gasteiger partial charge in [0, 0.05) is 5.41 Å². The molecule has 3 unspecified atom stereocenters. The van der Waals surface area contributed by atoms with Crippen molar-refractivity contribution >= 4 is 5.78 Å². The molecule has 0 spiro atoms. The monoisotopic (exact) mass is 220 g/mol. The van der Waals surface area contributed by atoms with Crippen LogP contribution in [0.3, 0.4) is 0 Å². The van der Waals surface area contributed by atoms with Gasteiger partial charge in [-0.3, -0.25) is 4.79 Å². The summed E-state index contributed by atoms with van der Waals surface area (Å²) in [7, 11) is 0.